The van der Waals surface area contributed by atoms with E-state index in [1.807, 2.05) is 13.2 Å². The van der Waals surface area contributed by atoms with Gasteiger partial charge in [0, 0.05) is 23.5 Å². The molecule has 8 heteroatoms. The number of hydrogen-bond acceptors (Lipinski definition) is 6. The number of nitrogens with zero attached hydrogens (tertiary/aromatic N) is 1. The Balaban J connectivity index is 3.02. The van der Waals surface area contributed by atoms with Crippen LogP contribution in [0.15, 0.2) is 18.2 Å². The number of hydrazine groups is 1. The quantitative estimate of drug-likeness (QED) is 0.413. The molecule has 0 heterocycles. The zero-order valence-electron chi connectivity index (χ0n) is 10.7. The average Bonchev–Trinajstić information content (AvgIpc) is 2.37. The summed E-state index contributed by atoms with van der Waals surface area (Å²) in [4.78, 5) is 22.3. The number of nitro benzene ring substituents is 1. The highest BCUT2D eigenvalue weighted by atomic mass is 32.2. The van der Waals surface area contributed by atoms with Crippen molar-refractivity contribution in [2.24, 2.45) is 5.84 Å². The van der Waals surface area contributed by atoms with Crippen LogP contribution in [-0.4, -0.2) is 28.9 Å². The molecule has 7 nitrogen and oxygen atoms in total. The van der Waals surface area contributed by atoms with E-state index in [9.17, 15) is 14.9 Å². The molecular formula is C11H16N4O3S. The van der Waals surface area contributed by atoms with Gasteiger partial charge >= 0.3 is 0 Å². The number of anilines is 1. The molecule has 0 saturated carbocycles. The molecule has 1 unspecified atom stereocenters. The first-order chi connectivity index (χ1) is 8.99. The molecule has 104 valence electrons. The Morgan fingerprint density at radius 1 is 1.58 bits per heavy atom. The Morgan fingerprint density at radius 3 is 2.79 bits per heavy atom. The highest BCUT2D eigenvalue weighted by molar-refractivity contribution is 7.98. The van der Waals surface area contributed by atoms with Crippen molar-refractivity contribution in [1.82, 2.24) is 5.32 Å². The van der Waals surface area contributed by atoms with Crippen molar-refractivity contribution in [3.8, 4) is 0 Å². The number of hydrogen-bond donors (Lipinski definition) is 3. The Kier molecular flexibility index (Phi) is 5.58. The van der Waals surface area contributed by atoms with Crippen LogP contribution < -0.4 is 16.6 Å². The summed E-state index contributed by atoms with van der Waals surface area (Å²) in [6, 6.07) is 3.99. The van der Waals surface area contributed by atoms with Gasteiger partial charge in [-0.1, -0.05) is 0 Å². The number of carbonyl (C=O) groups is 1. The van der Waals surface area contributed by atoms with Crippen LogP contribution in [0.1, 0.15) is 17.3 Å². The molecule has 0 spiro atoms. The number of rotatable bonds is 6. The summed E-state index contributed by atoms with van der Waals surface area (Å²) in [5.41, 5.74) is 2.55. The number of nitro groups is 1. The van der Waals surface area contributed by atoms with Crippen LogP contribution >= 0.6 is 11.8 Å². The lowest BCUT2D eigenvalue weighted by atomic mass is 10.1. The number of nitrogen functional groups attached to an aromatic ring is 1. The van der Waals surface area contributed by atoms with Crippen molar-refractivity contribution < 1.29 is 9.72 Å². The number of amides is 1. The van der Waals surface area contributed by atoms with Gasteiger partial charge in [0.2, 0.25) is 0 Å². The molecule has 1 amide bonds. The molecule has 1 rings (SSSR count). The van der Waals surface area contributed by atoms with Crippen molar-refractivity contribution in [2.45, 2.75) is 13.0 Å². The first-order valence-corrected chi connectivity index (χ1v) is 6.93. The van der Waals surface area contributed by atoms with E-state index in [2.05, 4.69) is 10.7 Å². The van der Waals surface area contributed by atoms with Crippen molar-refractivity contribution in [1.29, 1.82) is 0 Å². The molecule has 0 bridgehead atoms. The van der Waals surface area contributed by atoms with E-state index in [4.69, 9.17) is 5.84 Å². The number of benzene rings is 1. The summed E-state index contributed by atoms with van der Waals surface area (Å²) in [5, 5.41) is 13.6. The number of carbonyl (C=O) groups excluding carboxylic acids is 1. The minimum Gasteiger partial charge on any atom is -0.349 e. The summed E-state index contributed by atoms with van der Waals surface area (Å²) in [6.07, 6.45) is 1.92. The highest BCUT2D eigenvalue weighted by Gasteiger charge is 2.21. The van der Waals surface area contributed by atoms with Crippen molar-refractivity contribution >= 4 is 29.0 Å². The van der Waals surface area contributed by atoms with Crippen LogP contribution in [-0.2, 0) is 0 Å². The molecular weight excluding hydrogens is 268 g/mol. The molecule has 0 aliphatic rings. The fraction of sp³-hybridized carbons (Fsp3) is 0.364. The summed E-state index contributed by atoms with van der Waals surface area (Å²) in [5.74, 6) is 5.49. The van der Waals surface area contributed by atoms with Crippen LogP contribution in [0.5, 0.6) is 0 Å². The van der Waals surface area contributed by atoms with Gasteiger partial charge in [-0.15, -0.1) is 0 Å². The second-order valence-electron chi connectivity index (χ2n) is 3.96. The third-order valence-electron chi connectivity index (χ3n) is 2.40. The van der Waals surface area contributed by atoms with Crippen LogP contribution in [0.3, 0.4) is 0 Å². The number of thioether (sulfide) groups is 1. The largest absolute Gasteiger partial charge is 0.349 e. The van der Waals surface area contributed by atoms with Gasteiger partial charge in [0.05, 0.1) is 4.92 Å². The van der Waals surface area contributed by atoms with E-state index in [1.54, 1.807) is 11.8 Å². The highest BCUT2D eigenvalue weighted by Crippen LogP contribution is 2.22. The summed E-state index contributed by atoms with van der Waals surface area (Å²) in [7, 11) is 0. The van der Waals surface area contributed by atoms with Crippen molar-refractivity contribution in [3.05, 3.63) is 33.9 Å². The average molecular weight is 284 g/mol. The second-order valence-corrected chi connectivity index (χ2v) is 4.87. The van der Waals surface area contributed by atoms with E-state index in [0.717, 1.165) is 5.75 Å². The lowest BCUT2D eigenvalue weighted by Gasteiger charge is -2.13. The molecule has 0 saturated heterocycles. The lowest BCUT2D eigenvalue weighted by Crippen LogP contribution is -2.34. The monoisotopic (exact) mass is 284 g/mol. The minimum absolute atomic E-state index is 0.00611. The smallest absolute Gasteiger partial charge is 0.282 e. The predicted molar refractivity (Wildman–Crippen MR) is 76.2 cm³/mol. The molecule has 1 aromatic carbocycles. The topological polar surface area (TPSA) is 110 Å². The van der Waals surface area contributed by atoms with Crippen LogP contribution in [0.4, 0.5) is 11.4 Å². The van der Waals surface area contributed by atoms with Crippen LogP contribution in [0, 0.1) is 10.1 Å². The third kappa shape index (κ3) is 4.11. The molecule has 1 atom stereocenters. The number of nitrogens with one attached hydrogen (secondary N) is 2. The van der Waals surface area contributed by atoms with Gasteiger partial charge in [0.25, 0.3) is 11.6 Å². The maximum Gasteiger partial charge on any atom is 0.282 e. The van der Waals surface area contributed by atoms with Gasteiger partial charge in [-0.2, -0.15) is 11.8 Å². The Hall–Kier alpha value is -1.80. The van der Waals surface area contributed by atoms with Gasteiger partial charge in [-0.3, -0.25) is 20.8 Å². The van der Waals surface area contributed by atoms with Crippen molar-refractivity contribution in [2.75, 3.05) is 17.4 Å². The zero-order chi connectivity index (χ0) is 14.4. The molecule has 4 N–H and O–H groups in total. The SMILES string of the molecule is CSCC(C)NC(=O)c1cc(NN)ccc1[N+](=O)[O-]. The van der Waals surface area contributed by atoms with Crippen LogP contribution in [0.2, 0.25) is 0 Å². The molecule has 0 aliphatic carbocycles. The van der Waals surface area contributed by atoms with E-state index < -0.39 is 10.8 Å². The van der Waals surface area contributed by atoms with Gasteiger partial charge in [-0.05, 0) is 25.3 Å². The first-order valence-electron chi connectivity index (χ1n) is 5.54. The third-order valence-corrected chi connectivity index (χ3v) is 3.23. The van der Waals surface area contributed by atoms with E-state index >= 15 is 0 Å². The van der Waals surface area contributed by atoms with Crippen LogP contribution in [0.25, 0.3) is 0 Å². The second kappa shape index (κ2) is 6.95. The predicted octanol–water partition coefficient (Wildman–Crippen LogP) is 1.36. The van der Waals surface area contributed by atoms with E-state index in [0.29, 0.717) is 5.69 Å². The summed E-state index contributed by atoms with van der Waals surface area (Å²) < 4.78 is 0. The van der Waals surface area contributed by atoms with Crippen molar-refractivity contribution in [3.63, 3.8) is 0 Å². The van der Waals surface area contributed by atoms with Gasteiger partial charge in [0.1, 0.15) is 5.56 Å². The van der Waals surface area contributed by atoms with E-state index in [1.165, 1.54) is 18.2 Å². The van der Waals surface area contributed by atoms with Gasteiger partial charge < -0.3 is 10.7 Å². The standard InChI is InChI=1S/C11H16N4O3S/c1-7(6-19-2)13-11(16)9-5-8(14-12)3-4-10(9)15(17)18/h3-5,7,14H,6,12H2,1-2H3,(H,13,16). The van der Waals surface area contributed by atoms with Gasteiger partial charge in [0.15, 0.2) is 0 Å². The maximum absolute atomic E-state index is 12.0. The Bertz CT molecular complexity index is 481. The normalized spacial score (nSPS) is 11.7. The van der Waals surface area contributed by atoms with E-state index in [-0.39, 0.29) is 17.3 Å². The molecule has 0 fully saturated rings. The Morgan fingerprint density at radius 2 is 2.26 bits per heavy atom. The van der Waals surface area contributed by atoms with Gasteiger partial charge in [-0.25, -0.2) is 0 Å². The minimum atomic E-state index is -0.589. The molecule has 19 heavy (non-hydrogen) atoms. The fourth-order valence-corrected chi connectivity index (χ4v) is 2.14. The zero-order valence-corrected chi connectivity index (χ0v) is 11.5. The summed E-state index contributed by atoms with van der Waals surface area (Å²) in [6.45, 7) is 1.84. The Labute approximate surface area is 115 Å². The lowest BCUT2D eigenvalue weighted by molar-refractivity contribution is -0.385. The summed E-state index contributed by atoms with van der Waals surface area (Å²) >= 11 is 1.58. The molecule has 0 aliphatic heterocycles. The first kappa shape index (κ1) is 15.3. The maximum atomic E-state index is 12.0. The molecule has 1 aromatic rings. The fourth-order valence-electron chi connectivity index (χ4n) is 1.56. The number of nitrogens with two attached hydrogens (primary N) is 1. The molecule has 0 aromatic heterocycles. The molecule has 0 radical (unpaired) electrons.